The molecule has 0 atom stereocenters. The smallest absolute Gasteiger partial charge is 0.137 e. The highest BCUT2D eigenvalue weighted by atomic mass is 16.5. The van der Waals surface area contributed by atoms with Crippen LogP contribution in [0.15, 0.2) is 219 Å². The number of hydrogen-bond acceptors (Lipinski definition) is 4. The Balaban J connectivity index is 1.08. The summed E-state index contributed by atoms with van der Waals surface area (Å²) < 4.78 is 9.68. The van der Waals surface area contributed by atoms with Crippen LogP contribution in [0, 0.1) is 0 Å². The average Bonchev–Trinajstić information content (AvgIpc) is 4.07. The topological polar surface area (TPSA) is 33.5 Å². The van der Waals surface area contributed by atoms with Crippen LogP contribution >= 0.6 is 0 Å². The third-order valence-corrected chi connectivity index (χ3v) is 15.6. The number of anilines is 2. The summed E-state index contributed by atoms with van der Waals surface area (Å²) in [6.45, 7) is 23.6. The third-order valence-electron chi connectivity index (χ3n) is 15.6. The number of para-hydroxylation sites is 1. The van der Waals surface area contributed by atoms with Crippen molar-refractivity contribution in [1.29, 1.82) is 0 Å². The maximum absolute atomic E-state index is 7.35. The van der Waals surface area contributed by atoms with Gasteiger partial charge in [-0.2, -0.15) is 0 Å². The van der Waals surface area contributed by atoms with E-state index in [-0.39, 0.29) is 21.7 Å². The van der Waals surface area contributed by atoms with Gasteiger partial charge in [-0.15, -0.1) is 0 Å². The monoisotopic (exact) mass is 981 g/mol. The summed E-state index contributed by atoms with van der Waals surface area (Å²) in [6.07, 6.45) is 4.27. The van der Waals surface area contributed by atoms with Crippen LogP contribution in [-0.4, -0.2) is 16.2 Å². The molecule has 75 heavy (non-hydrogen) atoms. The quantitative estimate of drug-likeness (QED) is 0.129. The molecular formula is C70H68N4O. The Morgan fingerprint density at radius 3 is 1.61 bits per heavy atom. The molecule has 0 saturated carbocycles. The normalized spacial score (nSPS) is 13.4. The van der Waals surface area contributed by atoms with Crippen LogP contribution in [0.2, 0.25) is 0 Å². The second kappa shape index (κ2) is 19.0. The van der Waals surface area contributed by atoms with Crippen molar-refractivity contribution in [1.82, 2.24) is 9.55 Å². The minimum absolute atomic E-state index is 0.0462. The second-order valence-electron chi connectivity index (χ2n) is 23.5. The molecule has 5 heteroatoms. The average molecular weight is 981 g/mol. The predicted octanol–water partition coefficient (Wildman–Crippen LogP) is 18.2. The van der Waals surface area contributed by atoms with E-state index in [1.807, 2.05) is 6.20 Å². The second-order valence-corrected chi connectivity index (χ2v) is 23.5. The predicted molar refractivity (Wildman–Crippen MR) is 316 cm³/mol. The SMILES string of the molecule is CC(C)(C)c1ccnc(-n2c3ccccc3c3c(C(C)(C)C)cc(Oc4cc(N5C=C(c6ccccc6)N(c6cc(-c7ccccc7)cc(C(C)(C)c7ccccc7)c6)C5)cc(C(C)(C)c5ccccc5)c4)cc32)c1. The Kier molecular flexibility index (Phi) is 12.4. The number of fused-ring (bicyclic) bond motifs is 3. The minimum Gasteiger partial charge on any atom is -0.457 e. The largest absolute Gasteiger partial charge is 0.457 e. The Morgan fingerprint density at radius 2 is 0.987 bits per heavy atom. The zero-order chi connectivity index (χ0) is 52.3. The van der Waals surface area contributed by atoms with E-state index in [4.69, 9.17) is 9.72 Å². The molecule has 11 rings (SSSR count). The number of ether oxygens (including phenoxy) is 1. The molecule has 0 bridgehead atoms. The van der Waals surface area contributed by atoms with Crippen LogP contribution in [0.5, 0.6) is 11.5 Å². The molecule has 2 aromatic heterocycles. The molecule has 0 amide bonds. The van der Waals surface area contributed by atoms with Crippen molar-refractivity contribution in [2.75, 3.05) is 16.5 Å². The van der Waals surface area contributed by atoms with E-state index >= 15 is 0 Å². The molecule has 0 radical (unpaired) electrons. The van der Waals surface area contributed by atoms with E-state index in [1.54, 1.807) is 0 Å². The molecule has 5 nitrogen and oxygen atoms in total. The standard InChI is InChI=1S/C70H68N4O/c1-67(2,3)53-35-36-71-65(42-53)74-62-34-24-23-33-60(62)66-61(68(4,5)6)44-59(45-63(66)74)75-58-41-55(70(9,10)52-31-21-14-22-32-52)39-56(43-58)72-46-64(49-27-17-12-18-28-49)73(47-72)57-38-50(48-25-15-11-16-26-48)37-54(40-57)69(7,8)51-29-19-13-20-30-51/h11-46H,47H2,1-10H3. The molecule has 0 saturated heterocycles. The molecule has 1 aliphatic heterocycles. The van der Waals surface area contributed by atoms with E-state index in [9.17, 15) is 0 Å². The van der Waals surface area contributed by atoms with E-state index < -0.39 is 0 Å². The fraction of sp³-hybridized carbons (Fsp3) is 0.214. The first-order valence-electron chi connectivity index (χ1n) is 26.4. The van der Waals surface area contributed by atoms with Crippen LogP contribution < -0.4 is 14.5 Å². The van der Waals surface area contributed by atoms with Crippen LogP contribution in [0.4, 0.5) is 11.4 Å². The number of nitrogens with zero attached hydrogens (tertiary/aromatic N) is 4. The van der Waals surface area contributed by atoms with Crippen LogP contribution in [0.25, 0.3) is 44.4 Å². The first kappa shape index (κ1) is 49.1. The van der Waals surface area contributed by atoms with E-state index in [2.05, 4.69) is 296 Å². The van der Waals surface area contributed by atoms with Crippen molar-refractivity contribution in [2.45, 2.75) is 90.9 Å². The lowest BCUT2D eigenvalue weighted by molar-refractivity contribution is 0.477. The summed E-state index contributed by atoms with van der Waals surface area (Å²) in [6, 6.07) is 74.9. The molecule has 8 aromatic carbocycles. The van der Waals surface area contributed by atoms with Crippen molar-refractivity contribution in [3.05, 3.63) is 258 Å². The fourth-order valence-electron chi connectivity index (χ4n) is 11.0. The first-order valence-corrected chi connectivity index (χ1v) is 26.4. The Labute approximate surface area is 444 Å². The summed E-state index contributed by atoms with van der Waals surface area (Å²) in [5.74, 6) is 2.44. The molecule has 0 N–H and O–H groups in total. The van der Waals surface area contributed by atoms with Gasteiger partial charge in [0.25, 0.3) is 0 Å². The zero-order valence-corrected chi connectivity index (χ0v) is 45.2. The summed E-state index contributed by atoms with van der Waals surface area (Å²) in [5, 5.41) is 2.42. The molecule has 374 valence electrons. The van der Waals surface area contributed by atoms with Gasteiger partial charge in [0.1, 0.15) is 17.3 Å². The highest BCUT2D eigenvalue weighted by Crippen LogP contribution is 2.46. The van der Waals surface area contributed by atoms with Gasteiger partial charge in [0.05, 0.1) is 23.4 Å². The molecule has 10 aromatic rings. The number of hydrogen-bond donors (Lipinski definition) is 0. The molecular weight excluding hydrogens is 913 g/mol. The van der Waals surface area contributed by atoms with Crippen LogP contribution in [-0.2, 0) is 21.7 Å². The molecule has 3 heterocycles. The maximum atomic E-state index is 7.35. The van der Waals surface area contributed by atoms with Gasteiger partial charge in [0.15, 0.2) is 0 Å². The Morgan fingerprint density at radius 1 is 0.427 bits per heavy atom. The number of pyridine rings is 1. The minimum atomic E-state index is -0.362. The van der Waals surface area contributed by atoms with E-state index in [0.29, 0.717) is 6.67 Å². The summed E-state index contributed by atoms with van der Waals surface area (Å²) in [5.41, 5.74) is 15.5. The molecule has 1 aliphatic rings. The van der Waals surface area contributed by atoms with Crippen molar-refractivity contribution < 1.29 is 4.74 Å². The lowest BCUT2D eigenvalue weighted by Crippen LogP contribution is -2.27. The van der Waals surface area contributed by atoms with Gasteiger partial charge in [-0.3, -0.25) is 4.57 Å². The van der Waals surface area contributed by atoms with Gasteiger partial charge in [-0.1, -0.05) is 215 Å². The summed E-state index contributed by atoms with van der Waals surface area (Å²) in [7, 11) is 0. The Hall–Kier alpha value is -8.15. The summed E-state index contributed by atoms with van der Waals surface area (Å²) in [4.78, 5) is 9.91. The summed E-state index contributed by atoms with van der Waals surface area (Å²) >= 11 is 0. The highest BCUT2D eigenvalue weighted by molar-refractivity contribution is 6.11. The van der Waals surface area contributed by atoms with Crippen LogP contribution in [0.3, 0.4) is 0 Å². The lowest BCUT2D eigenvalue weighted by Gasteiger charge is -2.31. The first-order chi connectivity index (χ1) is 35.9. The molecule has 0 aliphatic carbocycles. The van der Waals surface area contributed by atoms with Gasteiger partial charge in [0.2, 0.25) is 0 Å². The van der Waals surface area contributed by atoms with Gasteiger partial charge < -0.3 is 14.5 Å². The number of aromatic nitrogens is 2. The fourth-order valence-corrected chi connectivity index (χ4v) is 11.0. The molecule has 0 unspecified atom stereocenters. The van der Waals surface area contributed by atoms with Crippen molar-refractivity contribution in [3.63, 3.8) is 0 Å². The highest BCUT2D eigenvalue weighted by Gasteiger charge is 2.32. The lowest BCUT2D eigenvalue weighted by atomic mass is 9.77. The van der Waals surface area contributed by atoms with Crippen molar-refractivity contribution >= 4 is 38.9 Å². The number of benzene rings is 8. The molecule has 0 spiro atoms. The van der Waals surface area contributed by atoms with Crippen LogP contribution in [0.1, 0.15) is 108 Å². The van der Waals surface area contributed by atoms with Gasteiger partial charge in [0, 0.05) is 57.5 Å². The van der Waals surface area contributed by atoms with E-state index in [1.165, 1.54) is 49.7 Å². The zero-order valence-electron chi connectivity index (χ0n) is 45.2. The Bertz CT molecular complexity index is 3730. The van der Waals surface area contributed by atoms with Crippen molar-refractivity contribution in [2.24, 2.45) is 0 Å². The van der Waals surface area contributed by atoms with Crippen molar-refractivity contribution in [3.8, 4) is 28.4 Å². The van der Waals surface area contributed by atoms with E-state index in [0.717, 1.165) is 56.5 Å². The third kappa shape index (κ3) is 9.42. The molecule has 0 fully saturated rings. The van der Waals surface area contributed by atoms with Gasteiger partial charge in [-0.25, -0.2) is 4.98 Å². The van der Waals surface area contributed by atoms with Gasteiger partial charge >= 0.3 is 0 Å². The van der Waals surface area contributed by atoms with Gasteiger partial charge in [-0.05, 0) is 109 Å². The maximum Gasteiger partial charge on any atom is 0.137 e. The number of rotatable bonds is 11.